The van der Waals surface area contributed by atoms with Crippen molar-refractivity contribution in [1.29, 1.82) is 0 Å². The summed E-state index contributed by atoms with van der Waals surface area (Å²) in [5.74, 6) is 0.702. The van der Waals surface area contributed by atoms with Gasteiger partial charge in [-0.1, -0.05) is 36.4 Å². The van der Waals surface area contributed by atoms with Gasteiger partial charge < -0.3 is 14.8 Å². The number of benzene rings is 1. The molecule has 1 saturated heterocycles. The lowest BCUT2D eigenvalue weighted by Gasteiger charge is -2.36. The number of aromatic nitrogens is 1. The molecule has 0 bridgehead atoms. The van der Waals surface area contributed by atoms with E-state index in [-0.39, 0.29) is 12.0 Å². The molecule has 0 unspecified atom stereocenters. The number of nitrogens with one attached hydrogen (secondary N) is 1. The van der Waals surface area contributed by atoms with Crippen LogP contribution in [0.4, 0.5) is 0 Å². The first-order valence-electron chi connectivity index (χ1n) is 10.3. The van der Waals surface area contributed by atoms with Crippen molar-refractivity contribution in [3.8, 4) is 5.88 Å². The van der Waals surface area contributed by atoms with E-state index in [2.05, 4.69) is 10.3 Å². The average Bonchev–Trinajstić information content (AvgIpc) is 3.27. The zero-order valence-corrected chi connectivity index (χ0v) is 16.2. The summed E-state index contributed by atoms with van der Waals surface area (Å²) in [4.78, 5) is 17.7. The molecule has 2 heterocycles. The Morgan fingerprint density at radius 1 is 1.11 bits per heavy atom. The Kier molecular flexibility index (Phi) is 5.91. The number of pyridine rings is 1. The second-order valence-corrected chi connectivity index (χ2v) is 7.74. The monoisotopic (exact) mass is 380 g/mol. The molecule has 2 fully saturated rings. The van der Waals surface area contributed by atoms with Gasteiger partial charge >= 0.3 is 0 Å². The standard InChI is InChI=1S/C23H28N2O3/c26-22(23(12-15-27-16-13-23)19-8-2-1-3-9-19)25-17-18-7-6-14-24-21(18)28-20-10-4-5-11-20/h1-3,6-9,14,20H,4-5,10-13,15-17H2,(H,25,26). The van der Waals surface area contributed by atoms with E-state index in [1.54, 1.807) is 6.20 Å². The molecule has 1 aromatic heterocycles. The Hall–Kier alpha value is -2.40. The molecule has 5 heteroatoms. The van der Waals surface area contributed by atoms with Gasteiger partial charge in [-0.2, -0.15) is 0 Å². The van der Waals surface area contributed by atoms with E-state index in [4.69, 9.17) is 9.47 Å². The molecule has 1 N–H and O–H groups in total. The number of hydrogen-bond donors (Lipinski definition) is 1. The summed E-state index contributed by atoms with van der Waals surface area (Å²) in [5, 5.41) is 3.16. The molecule has 4 rings (SSSR count). The van der Waals surface area contributed by atoms with Crippen LogP contribution in [-0.4, -0.2) is 30.2 Å². The summed E-state index contributed by atoms with van der Waals surface area (Å²) in [5.41, 5.74) is 1.45. The fraction of sp³-hybridized carbons (Fsp3) is 0.478. The Morgan fingerprint density at radius 2 is 1.86 bits per heavy atom. The molecule has 0 atom stereocenters. The van der Waals surface area contributed by atoms with Crippen molar-refractivity contribution < 1.29 is 14.3 Å². The SMILES string of the molecule is O=C(NCc1cccnc1OC1CCCC1)C1(c2ccccc2)CCOCC1. The number of carbonyl (C=O) groups excluding carboxylic acids is 1. The van der Waals surface area contributed by atoms with Crippen molar-refractivity contribution >= 4 is 5.91 Å². The zero-order valence-electron chi connectivity index (χ0n) is 16.2. The molecule has 0 spiro atoms. The van der Waals surface area contributed by atoms with Gasteiger partial charge in [0.05, 0.1) is 5.41 Å². The predicted molar refractivity (Wildman–Crippen MR) is 107 cm³/mol. The zero-order chi connectivity index (χ0) is 19.2. The van der Waals surface area contributed by atoms with Gasteiger partial charge in [0, 0.05) is 31.5 Å². The molecule has 5 nitrogen and oxygen atoms in total. The fourth-order valence-corrected chi connectivity index (χ4v) is 4.30. The third kappa shape index (κ3) is 4.04. The van der Waals surface area contributed by atoms with Gasteiger partial charge in [0.1, 0.15) is 6.10 Å². The maximum Gasteiger partial charge on any atom is 0.231 e. The lowest BCUT2D eigenvalue weighted by molar-refractivity contribution is -0.130. The van der Waals surface area contributed by atoms with E-state index in [0.29, 0.717) is 38.5 Å². The number of ether oxygens (including phenoxy) is 2. The Balaban J connectivity index is 1.48. The van der Waals surface area contributed by atoms with Gasteiger partial charge in [-0.3, -0.25) is 4.79 Å². The lowest BCUT2D eigenvalue weighted by Crippen LogP contribution is -2.47. The number of nitrogens with zero attached hydrogens (tertiary/aromatic N) is 1. The Labute approximate surface area is 166 Å². The lowest BCUT2D eigenvalue weighted by atomic mass is 9.73. The van der Waals surface area contributed by atoms with E-state index in [9.17, 15) is 4.79 Å². The highest BCUT2D eigenvalue weighted by molar-refractivity contribution is 5.88. The fourth-order valence-electron chi connectivity index (χ4n) is 4.30. The number of amides is 1. The maximum absolute atomic E-state index is 13.3. The second kappa shape index (κ2) is 8.74. The van der Waals surface area contributed by atoms with Gasteiger partial charge in [-0.05, 0) is 50.2 Å². The van der Waals surface area contributed by atoms with Crippen molar-refractivity contribution in [1.82, 2.24) is 10.3 Å². The smallest absolute Gasteiger partial charge is 0.231 e. The predicted octanol–water partition coefficient (Wildman–Crippen LogP) is 3.77. The molecule has 148 valence electrons. The van der Waals surface area contributed by atoms with Crippen LogP contribution in [0.5, 0.6) is 5.88 Å². The minimum Gasteiger partial charge on any atom is -0.474 e. The molecule has 1 aromatic carbocycles. The van der Waals surface area contributed by atoms with Crippen molar-refractivity contribution in [2.75, 3.05) is 13.2 Å². The van der Waals surface area contributed by atoms with Crippen molar-refractivity contribution in [3.05, 3.63) is 59.8 Å². The summed E-state index contributed by atoms with van der Waals surface area (Å²) >= 11 is 0. The van der Waals surface area contributed by atoms with Crippen LogP contribution >= 0.6 is 0 Å². The largest absolute Gasteiger partial charge is 0.474 e. The number of hydrogen-bond acceptors (Lipinski definition) is 4. The van der Waals surface area contributed by atoms with Crippen molar-refractivity contribution in [2.45, 2.75) is 56.6 Å². The van der Waals surface area contributed by atoms with E-state index >= 15 is 0 Å². The van der Waals surface area contributed by atoms with Gasteiger partial charge in [-0.15, -0.1) is 0 Å². The summed E-state index contributed by atoms with van der Waals surface area (Å²) in [7, 11) is 0. The van der Waals surface area contributed by atoms with Crippen LogP contribution in [0.1, 0.15) is 49.7 Å². The maximum atomic E-state index is 13.3. The minimum atomic E-state index is -0.534. The minimum absolute atomic E-state index is 0.0534. The highest BCUT2D eigenvalue weighted by Gasteiger charge is 2.41. The first-order chi connectivity index (χ1) is 13.8. The van der Waals surface area contributed by atoms with Crippen LogP contribution in [0.2, 0.25) is 0 Å². The van der Waals surface area contributed by atoms with Gasteiger partial charge in [-0.25, -0.2) is 4.98 Å². The van der Waals surface area contributed by atoms with Crippen LogP contribution in [0.15, 0.2) is 48.7 Å². The summed E-state index contributed by atoms with van der Waals surface area (Å²) in [6.45, 7) is 1.63. The molecule has 1 aliphatic carbocycles. The summed E-state index contributed by atoms with van der Waals surface area (Å²) in [6.07, 6.45) is 7.98. The van der Waals surface area contributed by atoms with Crippen LogP contribution < -0.4 is 10.1 Å². The normalized spacial score (nSPS) is 19.3. The van der Waals surface area contributed by atoms with Gasteiger partial charge in [0.2, 0.25) is 11.8 Å². The quantitative estimate of drug-likeness (QED) is 0.829. The van der Waals surface area contributed by atoms with Gasteiger partial charge in [0.25, 0.3) is 0 Å². The molecule has 2 aromatic rings. The van der Waals surface area contributed by atoms with Crippen LogP contribution in [0, 0.1) is 0 Å². The van der Waals surface area contributed by atoms with Crippen molar-refractivity contribution in [3.63, 3.8) is 0 Å². The van der Waals surface area contributed by atoms with Crippen molar-refractivity contribution in [2.24, 2.45) is 0 Å². The third-order valence-corrected chi connectivity index (χ3v) is 5.98. The van der Waals surface area contributed by atoms with E-state index < -0.39 is 5.41 Å². The molecule has 1 saturated carbocycles. The van der Waals surface area contributed by atoms with E-state index in [0.717, 1.165) is 24.0 Å². The second-order valence-electron chi connectivity index (χ2n) is 7.74. The first kappa shape index (κ1) is 18.9. The Morgan fingerprint density at radius 3 is 2.61 bits per heavy atom. The molecule has 1 aliphatic heterocycles. The summed E-state index contributed by atoms with van der Waals surface area (Å²) < 4.78 is 11.7. The highest BCUT2D eigenvalue weighted by atomic mass is 16.5. The van der Waals surface area contributed by atoms with Crippen LogP contribution in [0.3, 0.4) is 0 Å². The molecule has 28 heavy (non-hydrogen) atoms. The molecule has 0 radical (unpaired) electrons. The Bertz CT molecular complexity index is 781. The third-order valence-electron chi connectivity index (χ3n) is 5.98. The molecule has 1 amide bonds. The van der Waals surface area contributed by atoms with Crippen LogP contribution in [-0.2, 0) is 21.5 Å². The van der Waals surface area contributed by atoms with Gasteiger partial charge in [0.15, 0.2) is 0 Å². The van der Waals surface area contributed by atoms with E-state index in [1.807, 2.05) is 42.5 Å². The first-order valence-corrected chi connectivity index (χ1v) is 10.3. The van der Waals surface area contributed by atoms with E-state index in [1.165, 1.54) is 12.8 Å². The average molecular weight is 380 g/mol. The molecule has 2 aliphatic rings. The highest BCUT2D eigenvalue weighted by Crippen LogP contribution is 2.35. The molecular weight excluding hydrogens is 352 g/mol. The molecular formula is C23H28N2O3. The number of carbonyl (C=O) groups is 1. The van der Waals surface area contributed by atoms with Crippen LogP contribution in [0.25, 0.3) is 0 Å². The topological polar surface area (TPSA) is 60.5 Å². The number of rotatable bonds is 6. The summed E-state index contributed by atoms with van der Waals surface area (Å²) in [6, 6.07) is 13.9.